The van der Waals surface area contributed by atoms with Gasteiger partial charge in [-0.1, -0.05) is 55.3 Å². The summed E-state index contributed by atoms with van der Waals surface area (Å²) in [4.78, 5) is 40.5. The van der Waals surface area contributed by atoms with E-state index in [-0.39, 0.29) is 22.7 Å². The summed E-state index contributed by atoms with van der Waals surface area (Å²) in [5.41, 5.74) is 8.45. The fraction of sp³-hybridized carbons (Fsp3) is 0.125. The van der Waals surface area contributed by atoms with E-state index < -0.39 is 11.9 Å². The lowest BCUT2D eigenvalue weighted by molar-refractivity contribution is -0.117. The van der Waals surface area contributed by atoms with Gasteiger partial charge in [-0.2, -0.15) is 5.10 Å². The lowest BCUT2D eigenvalue weighted by Crippen LogP contribution is -2.37. The number of aromatic nitrogens is 4. The van der Waals surface area contributed by atoms with E-state index in [0.29, 0.717) is 39.1 Å². The van der Waals surface area contributed by atoms with Gasteiger partial charge in [0, 0.05) is 25.9 Å². The highest BCUT2D eigenvalue weighted by Gasteiger charge is 2.25. The van der Waals surface area contributed by atoms with Crippen molar-refractivity contribution in [2.75, 3.05) is 7.05 Å². The monoisotopic (exact) mass is 558 g/mol. The lowest BCUT2D eigenvalue weighted by atomic mass is 10.1. The first-order valence-electron chi connectivity index (χ1n) is 12.9. The predicted molar refractivity (Wildman–Crippen MR) is 167 cm³/mol. The molecule has 10 nitrogen and oxygen atoms in total. The fourth-order valence-electron chi connectivity index (χ4n) is 4.32. The maximum atomic E-state index is 14.2. The molecule has 0 radical (unpaired) electrons. The van der Waals surface area contributed by atoms with Gasteiger partial charge in [-0.25, -0.2) is 4.98 Å². The zero-order valence-electron chi connectivity index (χ0n) is 23.6. The molecule has 0 aliphatic rings. The van der Waals surface area contributed by atoms with Crippen molar-refractivity contribution in [2.45, 2.75) is 13.0 Å². The molecule has 0 aliphatic carbocycles. The molecule has 3 N–H and O–H groups in total. The molecule has 10 heteroatoms. The Balaban J connectivity index is 1.90. The minimum atomic E-state index is -0.761. The molecule has 42 heavy (non-hydrogen) atoms. The molecular weight excluding hydrogens is 528 g/mol. The smallest absolute Gasteiger partial charge is 0.267 e. The minimum Gasteiger partial charge on any atom is -0.383 e. The van der Waals surface area contributed by atoms with Gasteiger partial charge in [0.05, 0.1) is 40.1 Å². The van der Waals surface area contributed by atoms with Crippen LogP contribution in [0, 0.1) is 11.8 Å². The van der Waals surface area contributed by atoms with Gasteiger partial charge in [-0.05, 0) is 43.5 Å². The van der Waals surface area contributed by atoms with Crippen LogP contribution < -0.4 is 16.6 Å². The molecule has 0 spiro atoms. The average Bonchev–Trinajstić information content (AvgIpc) is 3.42. The van der Waals surface area contributed by atoms with Crippen molar-refractivity contribution in [2.24, 2.45) is 22.8 Å². The SMILES string of the molecule is C=CC(=C)/C(N=C)=C(/C(=O)NC(C)c1nc2cccc(C#Cc3cnn(C)c3)c2c(=O)n1-c1ccccc1)C(N)=NC. The highest BCUT2D eigenvalue weighted by atomic mass is 16.2. The normalized spacial score (nSPS) is 12.5. The van der Waals surface area contributed by atoms with Crippen molar-refractivity contribution in [3.05, 3.63) is 124 Å². The summed E-state index contributed by atoms with van der Waals surface area (Å²) >= 11 is 0. The third kappa shape index (κ3) is 5.85. The van der Waals surface area contributed by atoms with Crippen LogP contribution in [0.1, 0.15) is 29.9 Å². The van der Waals surface area contributed by atoms with E-state index in [1.807, 2.05) is 18.2 Å². The molecule has 2 heterocycles. The number of hydrogen-bond donors (Lipinski definition) is 2. The summed E-state index contributed by atoms with van der Waals surface area (Å²) in [6.07, 6.45) is 4.88. The van der Waals surface area contributed by atoms with Gasteiger partial charge >= 0.3 is 0 Å². The first-order valence-corrected chi connectivity index (χ1v) is 12.9. The number of rotatable bonds is 8. The summed E-state index contributed by atoms with van der Waals surface area (Å²) in [5.74, 6) is 5.79. The molecule has 1 amide bonds. The molecule has 0 fully saturated rings. The van der Waals surface area contributed by atoms with Crippen molar-refractivity contribution < 1.29 is 4.79 Å². The number of nitrogens with one attached hydrogen (secondary N) is 1. The first-order chi connectivity index (χ1) is 20.2. The quantitative estimate of drug-likeness (QED) is 0.113. The Labute approximate surface area is 243 Å². The van der Waals surface area contributed by atoms with Gasteiger partial charge < -0.3 is 11.1 Å². The molecule has 2 aromatic heterocycles. The minimum absolute atomic E-state index is 0.0217. The number of nitrogens with two attached hydrogens (primary N) is 1. The zero-order valence-corrected chi connectivity index (χ0v) is 23.6. The van der Waals surface area contributed by atoms with Crippen molar-refractivity contribution in [3.8, 4) is 17.5 Å². The van der Waals surface area contributed by atoms with E-state index in [1.165, 1.54) is 17.7 Å². The van der Waals surface area contributed by atoms with E-state index >= 15 is 0 Å². The van der Waals surface area contributed by atoms with Crippen LogP contribution in [0.2, 0.25) is 0 Å². The predicted octanol–water partition coefficient (Wildman–Crippen LogP) is 3.38. The van der Waals surface area contributed by atoms with Crippen LogP contribution in [0.25, 0.3) is 16.6 Å². The summed E-state index contributed by atoms with van der Waals surface area (Å²) in [6.45, 7) is 12.8. The van der Waals surface area contributed by atoms with Crippen LogP contribution in [0.5, 0.6) is 0 Å². The molecule has 2 aromatic carbocycles. The van der Waals surface area contributed by atoms with Crippen molar-refractivity contribution >= 4 is 29.4 Å². The Morgan fingerprint density at radius 1 is 1.17 bits per heavy atom. The van der Waals surface area contributed by atoms with Crippen molar-refractivity contribution in [3.63, 3.8) is 0 Å². The number of allylic oxidation sites excluding steroid dienone is 1. The molecule has 4 rings (SSSR count). The van der Waals surface area contributed by atoms with Crippen LogP contribution in [0.4, 0.5) is 0 Å². The molecule has 210 valence electrons. The molecule has 0 saturated carbocycles. The standard InChI is InChI=1S/C32H30N8O2/c1-7-20(2)28(34-4)27(29(33)35-5)31(41)37-21(3)30-38-25-15-11-12-23(17-16-22-18-36-39(6)19-22)26(25)32(42)40(30)24-13-9-8-10-14-24/h7-15,18-19,21H,1-2,4H2,3,5-6H3,(H2,33,35)(H,37,41)/b28-27-. The average molecular weight is 559 g/mol. The summed E-state index contributed by atoms with van der Waals surface area (Å²) in [6, 6.07) is 13.6. The van der Waals surface area contributed by atoms with Gasteiger partial charge in [0.2, 0.25) is 0 Å². The second-order valence-corrected chi connectivity index (χ2v) is 9.21. The molecule has 0 aliphatic heterocycles. The summed E-state index contributed by atoms with van der Waals surface area (Å²) in [7, 11) is 3.26. The molecule has 0 saturated heterocycles. The number of carbonyl (C=O) groups is 1. The Bertz CT molecular complexity index is 1900. The second kappa shape index (κ2) is 12.6. The van der Waals surface area contributed by atoms with E-state index in [0.717, 1.165) is 0 Å². The summed E-state index contributed by atoms with van der Waals surface area (Å²) < 4.78 is 3.12. The van der Waals surface area contributed by atoms with Crippen molar-refractivity contribution in [1.82, 2.24) is 24.6 Å². The Hall–Kier alpha value is -5.82. The molecule has 0 bridgehead atoms. The number of aliphatic imine (C=N–C) groups is 2. The van der Waals surface area contributed by atoms with Gasteiger partial charge in [0.1, 0.15) is 17.2 Å². The Morgan fingerprint density at radius 3 is 2.52 bits per heavy atom. The Morgan fingerprint density at radius 2 is 1.90 bits per heavy atom. The number of fused-ring (bicyclic) bond motifs is 1. The van der Waals surface area contributed by atoms with Crippen LogP contribution in [0.3, 0.4) is 0 Å². The van der Waals surface area contributed by atoms with Gasteiger partial charge in [-0.15, -0.1) is 0 Å². The number of benzene rings is 2. The van der Waals surface area contributed by atoms with Crippen LogP contribution in [-0.4, -0.2) is 44.8 Å². The lowest BCUT2D eigenvalue weighted by Gasteiger charge is -2.21. The van der Waals surface area contributed by atoms with Gasteiger partial charge in [0.15, 0.2) is 0 Å². The number of carbonyl (C=O) groups excluding carboxylic acids is 1. The first kappa shape index (κ1) is 29.2. The van der Waals surface area contributed by atoms with E-state index in [9.17, 15) is 9.59 Å². The van der Waals surface area contributed by atoms with E-state index in [1.54, 1.807) is 61.4 Å². The van der Waals surface area contributed by atoms with Crippen molar-refractivity contribution in [1.29, 1.82) is 0 Å². The third-order valence-corrected chi connectivity index (χ3v) is 6.39. The summed E-state index contributed by atoms with van der Waals surface area (Å²) in [5, 5.41) is 7.38. The largest absolute Gasteiger partial charge is 0.383 e. The zero-order chi connectivity index (χ0) is 30.4. The molecular formula is C32H30N8O2. The number of aryl methyl sites for hydroxylation is 1. The number of para-hydroxylation sites is 1. The number of hydrogen-bond acceptors (Lipinski definition) is 6. The van der Waals surface area contributed by atoms with E-state index in [4.69, 9.17) is 10.7 Å². The number of amidine groups is 1. The topological polar surface area (TPSA) is 133 Å². The maximum Gasteiger partial charge on any atom is 0.267 e. The van der Waals surface area contributed by atoms with Crippen LogP contribution in [0.15, 0.2) is 112 Å². The number of nitrogens with zero attached hydrogens (tertiary/aromatic N) is 6. The highest BCUT2D eigenvalue weighted by Crippen LogP contribution is 2.22. The van der Waals surface area contributed by atoms with E-state index in [2.05, 4.69) is 52.1 Å². The van der Waals surface area contributed by atoms with Gasteiger partial charge in [-0.3, -0.25) is 28.8 Å². The second-order valence-electron chi connectivity index (χ2n) is 9.21. The van der Waals surface area contributed by atoms with Crippen LogP contribution in [-0.2, 0) is 11.8 Å². The highest BCUT2D eigenvalue weighted by molar-refractivity contribution is 6.21. The third-order valence-electron chi connectivity index (χ3n) is 6.39. The Kier molecular flexibility index (Phi) is 8.73. The molecule has 1 unspecified atom stereocenters. The maximum absolute atomic E-state index is 14.2. The molecule has 1 atom stereocenters. The van der Waals surface area contributed by atoms with Gasteiger partial charge in [0.25, 0.3) is 11.5 Å². The molecule has 4 aromatic rings. The fourth-order valence-corrected chi connectivity index (χ4v) is 4.32. The number of amides is 1. The van der Waals surface area contributed by atoms with Crippen LogP contribution >= 0.6 is 0 Å².